The van der Waals surface area contributed by atoms with E-state index < -0.39 is 0 Å². The van der Waals surface area contributed by atoms with Crippen LogP contribution in [0.5, 0.6) is 0 Å². The van der Waals surface area contributed by atoms with Crippen molar-refractivity contribution in [1.29, 1.82) is 5.26 Å². The standard InChI is InChI=1S/C14H10N4S/c15-7-10-3-4-12-13(6-10)19-14(18-12)17-9-11-2-1-5-16-8-11/h1-6,8H,9H2,(H,17,18). The van der Waals surface area contributed by atoms with Crippen LogP contribution >= 0.6 is 11.3 Å². The van der Waals surface area contributed by atoms with E-state index in [0.717, 1.165) is 20.9 Å². The summed E-state index contributed by atoms with van der Waals surface area (Å²) in [6, 6.07) is 11.6. The summed E-state index contributed by atoms with van der Waals surface area (Å²) in [6.07, 6.45) is 3.58. The zero-order valence-corrected chi connectivity index (χ0v) is 10.8. The Balaban J connectivity index is 1.80. The van der Waals surface area contributed by atoms with Gasteiger partial charge in [-0.15, -0.1) is 0 Å². The summed E-state index contributed by atoms with van der Waals surface area (Å²) in [5.41, 5.74) is 2.69. The first-order chi connectivity index (χ1) is 9.35. The van der Waals surface area contributed by atoms with Gasteiger partial charge in [0.25, 0.3) is 0 Å². The van der Waals surface area contributed by atoms with Crippen LogP contribution in [0.1, 0.15) is 11.1 Å². The van der Waals surface area contributed by atoms with Crippen LogP contribution in [-0.4, -0.2) is 9.97 Å². The number of hydrogen-bond acceptors (Lipinski definition) is 5. The van der Waals surface area contributed by atoms with Crippen LogP contribution in [-0.2, 0) is 6.54 Å². The van der Waals surface area contributed by atoms with Gasteiger partial charge in [-0.3, -0.25) is 4.98 Å². The lowest BCUT2D eigenvalue weighted by Crippen LogP contribution is -1.98. The van der Waals surface area contributed by atoms with Crippen LogP contribution in [0, 0.1) is 11.3 Å². The molecule has 3 rings (SSSR count). The number of thiazole rings is 1. The summed E-state index contributed by atoms with van der Waals surface area (Å²) in [7, 11) is 0. The Morgan fingerprint density at radius 2 is 2.26 bits per heavy atom. The largest absolute Gasteiger partial charge is 0.357 e. The van der Waals surface area contributed by atoms with Gasteiger partial charge in [0.1, 0.15) is 0 Å². The van der Waals surface area contributed by atoms with Crippen LogP contribution in [0.15, 0.2) is 42.7 Å². The predicted octanol–water partition coefficient (Wildman–Crippen LogP) is 3.18. The van der Waals surface area contributed by atoms with E-state index in [4.69, 9.17) is 5.26 Å². The Kier molecular flexibility index (Phi) is 3.09. The topological polar surface area (TPSA) is 61.6 Å². The second-order valence-corrected chi connectivity index (χ2v) is 5.06. The van der Waals surface area contributed by atoms with Crippen molar-refractivity contribution in [3.8, 4) is 6.07 Å². The fourth-order valence-corrected chi connectivity index (χ4v) is 2.65. The van der Waals surface area contributed by atoms with Gasteiger partial charge in [0.2, 0.25) is 0 Å². The number of aromatic nitrogens is 2. The Morgan fingerprint density at radius 1 is 1.32 bits per heavy atom. The molecule has 1 N–H and O–H groups in total. The summed E-state index contributed by atoms with van der Waals surface area (Å²) in [4.78, 5) is 8.55. The van der Waals surface area contributed by atoms with Crippen molar-refractivity contribution in [3.63, 3.8) is 0 Å². The van der Waals surface area contributed by atoms with Gasteiger partial charge in [-0.05, 0) is 29.8 Å². The van der Waals surface area contributed by atoms with Crippen molar-refractivity contribution in [1.82, 2.24) is 9.97 Å². The van der Waals surface area contributed by atoms with E-state index in [1.165, 1.54) is 0 Å². The van der Waals surface area contributed by atoms with Crippen molar-refractivity contribution in [2.45, 2.75) is 6.54 Å². The summed E-state index contributed by atoms with van der Waals surface area (Å²) >= 11 is 1.55. The third kappa shape index (κ3) is 2.54. The highest BCUT2D eigenvalue weighted by Gasteiger charge is 2.04. The van der Waals surface area contributed by atoms with Gasteiger partial charge in [0.05, 0.1) is 21.8 Å². The monoisotopic (exact) mass is 266 g/mol. The second kappa shape index (κ2) is 5.04. The van der Waals surface area contributed by atoms with Crippen molar-refractivity contribution < 1.29 is 0 Å². The minimum absolute atomic E-state index is 0.662. The average Bonchev–Trinajstić information content (AvgIpc) is 2.88. The molecule has 0 bridgehead atoms. The number of fused-ring (bicyclic) bond motifs is 1. The summed E-state index contributed by atoms with van der Waals surface area (Å²) in [5, 5.41) is 13.0. The number of anilines is 1. The molecule has 92 valence electrons. The van der Waals surface area contributed by atoms with Gasteiger partial charge in [-0.2, -0.15) is 5.26 Å². The Morgan fingerprint density at radius 3 is 3.05 bits per heavy atom. The molecule has 1 aromatic carbocycles. The number of nitriles is 1. The Labute approximate surface area is 114 Å². The summed E-state index contributed by atoms with van der Waals surface area (Å²) < 4.78 is 1.02. The first-order valence-corrected chi connectivity index (χ1v) is 6.60. The second-order valence-electron chi connectivity index (χ2n) is 4.03. The highest BCUT2D eigenvalue weighted by atomic mass is 32.1. The van der Waals surface area contributed by atoms with Gasteiger partial charge in [0.15, 0.2) is 5.13 Å². The maximum absolute atomic E-state index is 8.87. The normalized spacial score (nSPS) is 10.3. The lowest BCUT2D eigenvalue weighted by atomic mass is 10.2. The van der Waals surface area contributed by atoms with E-state index in [0.29, 0.717) is 12.1 Å². The molecule has 0 unspecified atom stereocenters. The third-order valence-corrected chi connectivity index (χ3v) is 3.66. The van der Waals surface area contributed by atoms with Crippen LogP contribution in [0.4, 0.5) is 5.13 Å². The molecule has 4 nitrogen and oxygen atoms in total. The average molecular weight is 266 g/mol. The number of pyridine rings is 1. The first-order valence-electron chi connectivity index (χ1n) is 5.78. The molecule has 0 saturated carbocycles. The van der Waals surface area contributed by atoms with Gasteiger partial charge >= 0.3 is 0 Å². The lowest BCUT2D eigenvalue weighted by Gasteiger charge is -2.00. The minimum Gasteiger partial charge on any atom is -0.357 e. The zero-order chi connectivity index (χ0) is 13.1. The first kappa shape index (κ1) is 11.6. The van der Waals surface area contributed by atoms with E-state index >= 15 is 0 Å². The van der Waals surface area contributed by atoms with Crippen LogP contribution in [0.25, 0.3) is 10.2 Å². The molecule has 0 aliphatic carbocycles. The fraction of sp³-hybridized carbons (Fsp3) is 0.0714. The molecule has 5 heteroatoms. The maximum atomic E-state index is 8.87. The number of nitrogens with one attached hydrogen (secondary N) is 1. The molecular weight excluding hydrogens is 256 g/mol. The van der Waals surface area contributed by atoms with E-state index in [2.05, 4.69) is 21.4 Å². The molecule has 0 amide bonds. The van der Waals surface area contributed by atoms with Crippen molar-refractivity contribution >= 4 is 26.7 Å². The molecule has 0 aliphatic heterocycles. The van der Waals surface area contributed by atoms with E-state index in [1.807, 2.05) is 30.5 Å². The van der Waals surface area contributed by atoms with Crippen molar-refractivity contribution in [3.05, 3.63) is 53.9 Å². The van der Waals surface area contributed by atoms with Crippen molar-refractivity contribution in [2.75, 3.05) is 5.32 Å². The van der Waals surface area contributed by atoms with E-state index in [9.17, 15) is 0 Å². The highest BCUT2D eigenvalue weighted by molar-refractivity contribution is 7.22. The maximum Gasteiger partial charge on any atom is 0.184 e. The van der Waals surface area contributed by atoms with E-state index in [-0.39, 0.29) is 0 Å². The molecule has 0 saturated heterocycles. The Hall–Kier alpha value is -2.45. The molecule has 0 aliphatic rings. The molecule has 2 aromatic heterocycles. The minimum atomic E-state index is 0.662. The molecule has 0 fully saturated rings. The molecule has 0 radical (unpaired) electrons. The van der Waals surface area contributed by atoms with Crippen LogP contribution in [0.3, 0.4) is 0 Å². The molecule has 0 spiro atoms. The molecule has 0 atom stereocenters. The molecule has 2 heterocycles. The number of hydrogen-bond donors (Lipinski definition) is 1. The van der Waals surface area contributed by atoms with Gasteiger partial charge in [-0.25, -0.2) is 4.98 Å². The quantitative estimate of drug-likeness (QED) is 0.791. The number of rotatable bonds is 3. The van der Waals surface area contributed by atoms with Crippen LogP contribution < -0.4 is 5.32 Å². The Bertz CT molecular complexity index is 743. The third-order valence-electron chi connectivity index (χ3n) is 2.68. The smallest absolute Gasteiger partial charge is 0.184 e. The van der Waals surface area contributed by atoms with Gasteiger partial charge in [0, 0.05) is 18.9 Å². The predicted molar refractivity (Wildman–Crippen MR) is 75.9 cm³/mol. The molecular formula is C14H10N4S. The van der Waals surface area contributed by atoms with Gasteiger partial charge in [-0.1, -0.05) is 17.4 Å². The van der Waals surface area contributed by atoms with E-state index in [1.54, 1.807) is 23.6 Å². The fourth-order valence-electron chi connectivity index (χ4n) is 1.75. The highest BCUT2D eigenvalue weighted by Crippen LogP contribution is 2.26. The zero-order valence-electron chi connectivity index (χ0n) is 10.00. The summed E-state index contributed by atoms with van der Waals surface area (Å²) in [5.74, 6) is 0. The van der Waals surface area contributed by atoms with Crippen molar-refractivity contribution in [2.24, 2.45) is 0 Å². The molecule has 19 heavy (non-hydrogen) atoms. The van der Waals surface area contributed by atoms with Crippen LogP contribution in [0.2, 0.25) is 0 Å². The number of nitrogens with zero attached hydrogens (tertiary/aromatic N) is 3. The summed E-state index contributed by atoms with van der Waals surface area (Å²) in [6.45, 7) is 0.693. The number of benzene rings is 1. The van der Waals surface area contributed by atoms with Gasteiger partial charge < -0.3 is 5.32 Å². The molecule has 3 aromatic rings. The lowest BCUT2D eigenvalue weighted by molar-refractivity contribution is 1.11. The SMILES string of the molecule is N#Cc1ccc2nc(NCc3cccnc3)sc2c1.